The van der Waals surface area contributed by atoms with Crippen LogP contribution in [0.25, 0.3) is 10.9 Å². The molecule has 3 heterocycles. The first-order valence-corrected chi connectivity index (χ1v) is 11.7. The molecule has 1 aromatic heterocycles. The Hall–Kier alpha value is -2.37. The molecule has 3 aromatic rings. The number of hydrogen-bond donors (Lipinski definition) is 2. The summed E-state index contributed by atoms with van der Waals surface area (Å²) in [5, 5.41) is 13.1. The number of aromatic nitrogens is 1. The van der Waals surface area contributed by atoms with E-state index >= 15 is 0 Å². The molecule has 2 aliphatic heterocycles. The van der Waals surface area contributed by atoms with E-state index in [4.69, 9.17) is 0 Å². The summed E-state index contributed by atoms with van der Waals surface area (Å²) < 4.78 is 13.7. The predicted molar refractivity (Wildman–Crippen MR) is 123 cm³/mol. The third-order valence-electron chi connectivity index (χ3n) is 7.30. The molecule has 1 saturated heterocycles. The molecule has 1 atom stereocenters. The highest BCUT2D eigenvalue weighted by atomic mass is 19.1. The van der Waals surface area contributed by atoms with E-state index in [1.54, 1.807) is 6.07 Å². The molecule has 164 valence electrons. The van der Waals surface area contributed by atoms with Gasteiger partial charge in [-0.1, -0.05) is 24.6 Å². The summed E-state index contributed by atoms with van der Waals surface area (Å²) in [6.07, 6.45) is 9.80. The van der Waals surface area contributed by atoms with E-state index in [9.17, 15) is 9.60 Å². The van der Waals surface area contributed by atoms with Crippen molar-refractivity contribution in [1.82, 2.24) is 9.88 Å². The van der Waals surface area contributed by atoms with E-state index in [0.29, 0.717) is 5.92 Å². The molecular weight excluding hydrogens is 389 g/mol. The van der Waals surface area contributed by atoms with Gasteiger partial charge in [0.15, 0.2) is 0 Å². The van der Waals surface area contributed by atoms with Gasteiger partial charge in [-0.25, -0.2) is 4.39 Å². The van der Waals surface area contributed by atoms with Gasteiger partial charge in [0.1, 0.15) is 5.82 Å². The number of para-hydroxylation sites is 1. The minimum Gasteiger partial charge on any atom is -0.361 e. The number of halogens is 1. The summed E-state index contributed by atoms with van der Waals surface area (Å²) >= 11 is 0. The SMILES string of the molecule is ON1c2ccccc2CCC1CCCCN1CCC(c2c[nH]c3ccc(F)cc23)CC1. The van der Waals surface area contributed by atoms with Crippen molar-refractivity contribution in [3.05, 3.63) is 65.6 Å². The molecule has 0 bridgehead atoms. The van der Waals surface area contributed by atoms with E-state index in [2.05, 4.69) is 22.1 Å². The Morgan fingerprint density at radius 1 is 1.03 bits per heavy atom. The van der Waals surface area contributed by atoms with Crippen LogP contribution in [-0.2, 0) is 6.42 Å². The van der Waals surface area contributed by atoms with Gasteiger partial charge >= 0.3 is 0 Å². The van der Waals surface area contributed by atoms with Crippen molar-refractivity contribution in [3.8, 4) is 0 Å². The highest BCUT2D eigenvalue weighted by Gasteiger charge is 2.25. The maximum Gasteiger partial charge on any atom is 0.123 e. The molecule has 0 spiro atoms. The fraction of sp³-hybridized carbons (Fsp3) is 0.462. The molecule has 5 rings (SSSR count). The summed E-state index contributed by atoms with van der Waals surface area (Å²) in [4.78, 5) is 5.87. The molecule has 1 fully saturated rings. The lowest BCUT2D eigenvalue weighted by atomic mass is 9.89. The number of unbranched alkanes of at least 4 members (excludes halogenated alkanes) is 1. The molecule has 2 aromatic carbocycles. The molecule has 0 aliphatic carbocycles. The number of aromatic amines is 1. The Morgan fingerprint density at radius 3 is 2.74 bits per heavy atom. The number of rotatable bonds is 6. The van der Waals surface area contributed by atoms with Crippen molar-refractivity contribution in [1.29, 1.82) is 0 Å². The van der Waals surface area contributed by atoms with Crippen LogP contribution in [0.1, 0.15) is 55.6 Å². The number of fused-ring (bicyclic) bond motifs is 2. The Labute approximate surface area is 183 Å². The molecule has 2 N–H and O–H groups in total. The maximum atomic E-state index is 13.7. The molecule has 4 nitrogen and oxygen atoms in total. The van der Waals surface area contributed by atoms with Gasteiger partial charge in [-0.15, -0.1) is 0 Å². The third kappa shape index (κ3) is 4.35. The smallest absolute Gasteiger partial charge is 0.123 e. The standard InChI is InChI=1S/C26H32FN3O/c27-21-9-11-25-23(17-21)24(18-28-25)19-12-15-29(16-13-19)14-4-3-6-22-10-8-20-5-1-2-7-26(20)30(22)31/h1-2,5,7,9,11,17-19,22,28,31H,3-4,6,8,10,12-16H2. The van der Waals surface area contributed by atoms with Crippen LogP contribution < -0.4 is 5.06 Å². The number of hydrogen-bond acceptors (Lipinski definition) is 3. The van der Waals surface area contributed by atoms with E-state index in [1.165, 1.54) is 28.7 Å². The zero-order valence-corrected chi connectivity index (χ0v) is 18.1. The number of likely N-dealkylation sites (tertiary alicyclic amines) is 1. The lowest BCUT2D eigenvalue weighted by molar-refractivity contribution is 0.187. The van der Waals surface area contributed by atoms with Crippen LogP contribution in [0.3, 0.4) is 0 Å². The lowest BCUT2D eigenvalue weighted by Crippen LogP contribution is -2.37. The number of nitrogens with one attached hydrogen (secondary N) is 1. The number of aryl methyl sites for hydroxylation is 1. The fourth-order valence-electron chi connectivity index (χ4n) is 5.49. The highest BCUT2D eigenvalue weighted by Crippen LogP contribution is 2.34. The van der Waals surface area contributed by atoms with Gasteiger partial charge in [-0.2, -0.15) is 0 Å². The van der Waals surface area contributed by atoms with Gasteiger partial charge < -0.3 is 9.88 Å². The minimum absolute atomic E-state index is 0.159. The average molecular weight is 422 g/mol. The number of H-pyrrole nitrogens is 1. The normalized spacial score (nSPS) is 20.3. The van der Waals surface area contributed by atoms with E-state index in [1.807, 2.05) is 24.3 Å². The topological polar surface area (TPSA) is 42.5 Å². The highest BCUT2D eigenvalue weighted by molar-refractivity contribution is 5.83. The maximum absolute atomic E-state index is 13.7. The second-order valence-electron chi connectivity index (χ2n) is 9.21. The van der Waals surface area contributed by atoms with Crippen molar-refractivity contribution >= 4 is 16.6 Å². The monoisotopic (exact) mass is 421 g/mol. The minimum atomic E-state index is -0.159. The number of benzene rings is 2. The summed E-state index contributed by atoms with van der Waals surface area (Å²) in [6, 6.07) is 13.5. The predicted octanol–water partition coefficient (Wildman–Crippen LogP) is 5.87. The summed E-state index contributed by atoms with van der Waals surface area (Å²) in [5.41, 5.74) is 4.54. The lowest BCUT2D eigenvalue weighted by Gasteiger charge is -2.34. The van der Waals surface area contributed by atoms with E-state index in [-0.39, 0.29) is 11.9 Å². The van der Waals surface area contributed by atoms with Gasteiger partial charge in [-0.05, 0) is 99.5 Å². The third-order valence-corrected chi connectivity index (χ3v) is 7.30. The van der Waals surface area contributed by atoms with Crippen LogP contribution in [0, 0.1) is 5.82 Å². The number of piperidine rings is 1. The van der Waals surface area contributed by atoms with Crippen LogP contribution in [0.15, 0.2) is 48.7 Å². The van der Waals surface area contributed by atoms with Crippen molar-refractivity contribution in [3.63, 3.8) is 0 Å². The Morgan fingerprint density at radius 2 is 1.87 bits per heavy atom. The van der Waals surface area contributed by atoms with Crippen molar-refractivity contribution < 1.29 is 9.60 Å². The number of hydroxylamine groups is 1. The first-order valence-electron chi connectivity index (χ1n) is 11.7. The molecule has 2 aliphatic rings. The van der Waals surface area contributed by atoms with E-state index < -0.39 is 0 Å². The summed E-state index contributed by atoms with van der Waals surface area (Å²) in [7, 11) is 0. The summed E-state index contributed by atoms with van der Waals surface area (Å²) in [6.45, 7) is 3.34. The second-order valence-corrected chi connectivity index (χ2v) is 9.21. The van der Waals surface area contributed by atoms with Crippen LogP contribution in [0.4, 0.5) is 10.1 Å². The Bertz CT molecular complexity index is 1020. The molecule has 31 heavy (non-hydrogen) atoms. The Kier molecular flexibility index (Phi) is 5.97. The van der Waals surface area contributed by atoms with Gasteiger partial charge in [0.05, 0.1) is 11.7 Å². The van der Waals surface area contributed by atoms with Crippen LogP contribution in [0.2, 0.25) is 0 Å². The van der Waals surface area contributed by atoms with Gasteiger partial charge in [0.25, 0.3) is 0 Å². The molecule has 1 unspecified atom stereocenters. The molecule has 0 radical (unpaired) electrons. The second kappa shape index (κ2) is 9.01. The quantitative estimate of drug-likeness (QED) is 0.489. The largest absolute Gasteiger partial charge is 0.361 e. The molecule has 0 amide bonds. The molecule has 5 heteroatoms. The van der Waals surface area contributed by atoms with Gasteiger partial charge in [0, 0.05) is 17.1 Å². The fourth-order valence-corrected chi connectivity index (χ4v) is 5.49. The zero-order chi connectivity index (χ0) is 21.2. The Balaban J connectivity index is 1.07. The first kappa shape index (κ1) is 20.5. The molecule has 0 saturated carbocycles. The van der Waals surface area contributed by atoms with Crippen molar-refractivity contribution in [2.75, 3.05) is 24.7 Å². The van der Waals surface area contributed by atoms with E-state index in [0.717, 1.165) is 74.7 Å². The summed E-state index contributed by atoms with van der Waals surface area (Å²) in [5.74, 6) is 0.353. The number of nitrogens with zero attached hydrogens (tertiary/aromatic N) is 2. The van der Waals surface area contributed by atoms with Gasteiger partial charge in [0.2, 0.25) is 0 Å². The van der Waals surface area contributed by atoms with Gasteiger partial charge in [-0.3, -0.25) is 10.3 Å². The van der Waals surface area contributed by atoms with Crippen molar-refractivity contribution in [2.24, 2.45) is 0 Å². The first-order chi connectivity index (χ1) is 15.2. The molecular formula is C26H32FN3O. The van der Waals surface area contributed by atoms with Crippen LogP contribution in [-0.4, -0.2) is 40.8 Å². The average Bonchev–Trinajstić information content (AvgIpc) is 3.21. The number of anilines is 1. The van der Waals surface area contributed by atoms with Crippen LogP contribution in [0.5, 0.6) is 0 Å². The van der Waals surface area contributed by atoms with Crippen LogP contribution >= 0.6 is 0 Å². The zero-order valence-electron chi connectivity index (χ0n) is 18.1. The van der Waals surface area contributed by atoms with Crippen molar-refractivity contribution in [2.45, 2.75) is 56.9 Å².